The van der Waals surface area contributed by atoms with Crippen LogP contribution in [0.4, 0.5) is 4.39 Å². The molecule has 2 aromatic heterocycles. The van der Waals surface area contributed by atoms with Gasteiger partial charge >= 0.3 is 0 Å². The zero-order chi connectivity index (χ0) is 20.2. The van der Waals surface area contributed by atoms with E-state index in [0.29, 0.717) is 22.6 Å². The maximum absolute atomic E-state index is 13.1. The predicted molar refractivity (Wildman–Crippen MR) is 104 cm³/mol. The number of rotatable bonds is 6. The number of halogens is 1. The molecule has 0 saturated carbocycles. The summed E-state index contributed by atoms with van der Waals surface area (Å²) in [6.07, 6.45) is 1.54. The summed E-state index contributed by atoms with van der Waals surface area (Å²) >= 11 is 0. The molecule has 0 saturated heterocycles. The van der Waals surface area contributed by atoms with Crippen LogP contribution in [0.5, 0.6) is 5.75 Å². The number of phenolic OH excluding ortho intramolecular Hbond substituents is 1. The summed E-state index contributed by atoms with van der Waals surface area (Å²) in [7, 11) is 0. The summed E-state index contributed by atoms with van der Waals surface area (Å²) in [4.78, 5) is 14.7. The van der Waals surface area contributed by atoms with Crippen LogP contribution in [0.2, 0.25) is 0 Å². The summed E-state index contributed by atoms with van der Waals surface area (Å²) in [6.45, 7) is 0.394. The van der Waals surface area contributed by atoms with E-state index >= 15 is 0 Å². The standard InChI is InChI=1S/C23H18FNO4/c24-18-9-7-16(8-10-18)21-11-12-22(29-21)23(27)25(15-19-5-3-13-28-19)14-17-4-1-2-6-20(17)26/h1-13,26H,14-15H2. The van der Waals surface area contributed by atoms with Crippen molar-refractivity contribution in [3.8, 4) is 17.1 Å². The first-order chi connectivity index (χ1) is 14.1. The van der Waals surface area contributed by atoms with E-state index in [1.165, 1.54) is 23.3 Å². The number of amides is 1. The Morgan fingerprint density at radius 2 is 1.72 bits per heavy atom. The van der Waals surface area contributed by atoms with Crippen molar-refractivity contribution in [2.24, 2.45) is 0 Å². The number of aromatic hydroxyl groups is 1. The molecule has 5 nitrogen and oxygen atoms in total. The zero-order valence-corrected chi connectivity index (χ0v) is 15.4. The van der Waals surface area contributed by atoms with E-state index in [1.54, 1.807) is 60.7 Å². The van der Waals surface area contributed by atoms with Crippen LogP contribution in [0.15, 0.2) is 87.9 Å². The van der Waals surface area contributed by atoms with Crippen LogP contribution in [0.25, 0.3) is 11.3 Å². The molecule has 0 spiro atoms. The van der Waals surface area contributed by atoms with Crippen LogP contribution in [-0.4, -0.2) is 15.9 Å². The van der Waals surface area contributed by atoms with Gasteiger partial charge in [0.2, 0.25) is 0 Å². The lowest BCUT2D eigenvalue weighted by Crippen LogP contribution is -2.29. The molecule has 0 aliphatic heterocycles. The minimum Gasteiger partial charge on any atom is -0.508 e. The van der Waals surface area contributed by atoms with Gasteiger partial charge in [0.1, 0.15) is 23.1 Å². The maximum atomic E-state index is 13.1. The Kier molecular flexibility index (Phi) is 5.16. The average molecular weight is 391 g/mol. The van der Waals surface area contributed by atoms with Gasteiger partial charge in [-0.2, -0.15) is 0 Å². The third kappa shape index (κ3) is 4.21. The monoisotopic (exact) mass is 391 g/mol. The van der Waals surface area contributed by atoms with Crippen molar-refractivity contribution >= 4 is 5.91 Å². The van der Waals surface area contributed by atoms with E-state index in [9.17, 15) is 14.3 Å². The smallest absolute Gasteiger partial charge is 0.290 e. The number of furan rings is 2. The first-order valence-electron chi connectivity index (χ1n) is 9.04. The van der Waals surface area contributed by atoms with Crippen LogP contribution in [0.3, 0.4) is 0 Å². The molecule has 0 aliphatic rings. The normalized spacial score (nSPS) is 10.8. The Morgan fingerprint density at radius 1 is 0.931 bits per heavy atom. The number of nitrogens with zero attached hydrogens (tertiary/aromatic N) is 1. The lowest BCUT2D eigenvalue weighted by Gasteiger charge is -2.21. The fourth-order valence-electron chi connectivity index (χ4n) is 3.02. The third-order valence-electron chi connectivity index (χ3n) is 4.51. The molecule has 0 bridgehead atoms. The van der Waals surface area contributed by atoms with Gasteiger partial charge in [0, 0.05) is 11.1 Å². The van der Waals surface area contributed by atoms with E-state index in [1.807, 2.05) is 0 Å². The number of phenols is 1. The fraction of sp³-hybridized carbons (Fsp3) is 0.0870. The molecule has 146 valence electrons. The number of benzene rings is 2. The molecule has 29 heavy (non-hydrogen) atoms. The number of para-hydroxylation sites is 1. The topological polar surface area (TPSA) is 66.8 Å². The minimum absolute atomic E-state index is 0.108. The summed E-state index contributed by atoms with van der Waals surface area (Å²) in [5.74, 6) is 0.636. The highest BCUT2D eigenvalue weighted by atomic mass is 19.1. The maximum Gasteiger partial charge on any atom is 0.290 e. The van der Waals surface area contributed by atoms with Crippen molar-refractivity contribution in [1.29, 1.82) is 0 Å². The Labute approximate surface area is 166 Å². The van der Waals surface area contributed by atoms with Crippen LogP contribution in [0.1, 0.15) is 21.9 Å². The second kappa shape index (κ2) is 8.06. The molecule has 2 heterocycles. The van der Waals surface area contributed by atoms with E-state index in [4.69, 9.17) is 8.83 Å². The third-order valence-corrected chi connectivity index (χ3v) is 4.51. The number of hydrogen-bond acceptors (Lipinski definition) is 4. The van der Waals surface area contributed by atoms with E-state index < -0.39 is 0 Å². The molecule has 6 heteroatoms. The van der Waals surface area contributed by atoms with E-state index in [-0.39, 0.29) is 36.3 Å². The lowest BCUT2D eigenvalue weighted by molar-refractivity contribution is 0.0685. The van der Waals surface area contributed by atoms with Crippen LogP contribution < -0.4 is 0 Å². The van der Waals surface area contributed by atoms with Crippen molar-refractivity contribution in [3.05, 3.63) is 102 Å². The largest absolute Gasteiger partial charge is 0.508 e. The number of hydrogen-bond donors (Lipinski definition) is 1. The summed E-state index contributed by atoms with van der Waals surface area (Å²) in [6, 6.07) is 19.5. The van der Waals surface area contributed by atoms with Gasteiger partial charge < -0.3 is 18.8 Å². The van der Waals surface area contributed by atoms with Gasteiger partial charge in [-0.25, -0.2) is 4.39 Å². The fourth-order valence-corrected chi connectivity index (χ4v) is 3.02. The molecule has 0 atom stereocenters. The molecular formula is C23H18FNO4. The number of carbonyl (C=O) groups excluding carboxylic acids is 1. The minimum atomic E-state index is -0.349. The van der Waals surface area contributed by atoms with Crippen LogP contribution >= 0.6 is 0 Å². The summed E-state index contributed by atoms with van der Waals surface area (Å²) in [5, 5.41) is 10.1. The molecule has 0 fully saturated rings. The van der Waals surface area contributed by atoms with Crippen molar-refractivity contribution < 1.29 is 23.1 Å². The second-order valence-electron chi connectivity index (χ2n) is 6.54. The Morgan fingerprint density at radius 3 is 2.45 bits per heavy atom. The van der Waals surface area contributed by atoms with Crippen molar-refractivity contribution in [3.63, 3.8) is 0 Å². The van der Waals surface area contributed by atoms with E-state index in [2.05, 4.69) is 0 Å². The molecule has 4 rings (SSSR count). The Balaban J connectivity index is 1.60. The van der Waals surface area contributed by atoms with Crippen molar-refractivity contribution in [1.82, 2.24) is 4.90 Å². The van der Waals surface area contributed by atoms with E-state index in [0.717, 1.165) is 0 Å². The van der Waals surface area contributed by atoms with Gasteiger partial charge in [0.25, 0.3) is 5.91 Å². The first kappa shape index (κ1) is 18.6. The lowest BCUT2D eigenvalue weighted by atomic mass is 10.1. The second-order valence-corrected chi connectivity index (χ2v) is 6.54. The molecule has 1 N–H and O–H groups in total. The average Bonchev–Trinajstić information content (AvgIpc) is 3.41. The molecular weight excluding hydrogens is 373 g/mol. The Bertz CT molecular complexity index is 1100. The van der Waals surface area contributed by atoms with Gasteiger partial charge in [-0.05, 0) is 54.6 Å². The highest BCUT2D eigenvalue weighted by Gasteiger charge is 2.22. The van der Waals surface area contributed by atoms with Gasteiger partial charge in [-0.1, -0.05) is 18.2 Å². The summed E-state index contributed by atoms with van der Waals surface area (Å²) < 4.78 is 24.3. The molecule has 1 amide bonds. The quantitative estimate of drug-likeness (QED) is 0.489. The first-order valence-corrected chi connectivity index (χ1v) is 9.04. The van der Waals surface area contributed by atoms with Crippen molar-refractivity contribution in [2.75, 3.05) is 0 Å². The highest BCUT2D eigenvalue weighted by Crippen LogP contribution is 2.25. The van der Waals surface area contributed by atoms with Crippen LogP contribution in [0, 0.1) is 5.82 Å². The zero-order valence-electron chi connectivity index (χ0n) is 15.4. The molecule has 0 radical (unpaired) electrons. The van der Waals surface area contributed by atoms with Crippen molar-refractivity contribution in [2.45, 2.75) is 13.1 Å². The highest BCUT2D eigenvalue weighted by molar-refractivity contribution is 5.92. The molecule has 4 aromatic rings. The molecule has 2 aromatic carbocycles. The predicted octanol–water partition coefficient (Wildman–Crippen LogP) is 5.23. The summed E-state index contributed by atoms with van der Waals surface area (Å²) in [5.41, 5.74) is 1.28. The van der Waals surface area contributed by atoms with Gasteiger partial charge in [0.05, 0.1) is 19.4 Å². The van der Waals surface area contributed by atoms with Gasteiger partial charge in [0.15, 0.2) is 5.76 Å². The molecule has 0 unspecified atom stereocenters. The molecule has 0 aliphatic carbocycles. The van der Waals surface area contributed by atoms with Gasteiger partial charge in [-0.3, -0.25) is 4.79 Å². The van der Waals surface area contributed by atoms with Crippen LogP contribution in [-0.2, 0) is 13.1 Å². The SMILES string of the molecule is O=C(c1ccc(-c2ccc(F)cc2)o1)N(Cc1ccco1)Cc1ccccc1O. The number of carbonyl (C=O) groups is 1. The van der Waals surface area contributed by atoms with Gasteiger partial charge in [-0.15, -0.1) is 0 Å². The Hall–Kier alpha value is -3.80.